The maximum absolute atomic E-state index is 8.67. The highest BCUT2D eigenvalue weighted by molar-refractivity contribution is 9.10. The second kappa shape index (κ2) is 4.36. The molecule has 0 aliphatic heterocycles. The minimum atomic E-state index is -0.292. The molecule has 0 aliphatic carbocycles. The lowest BCUT2D eigenvalue weighted by molar-refractivity contribution is 0.452. The van der Waals surface area contributed by atoms with Crippen LogP contribution in [0.15, 0.2) is 22.7 Å². The molecule has 0 amide bonds. The molecule has 0 saturated carbocycles. The summed E-state index contributed by atoms with van der Waals surface area (Å²) in [6, 6.07) is 5.84. The summed E-state index contributed by atoms with van der Waals surface area (Å²) in [4.78, 5) is 0. The van der Waals surface area contributed by atoms with E-state index in [1.807, 2.05) is 12.1 Å². The molecule has 1 aromatic carbocycles. The van der Waals surface area contributed by atoms with Crippen molar-refractivity contribution < 1.29 is 9.68 Å². The molecule has 1 rings (SSSR count). The van der Waals surface area contributed by atoms with Crippen molar-refractivity contribution in [3.05, 3.63) is 28.2 Å². The molecule has 4 heteroatoms. The average Bonchev–Trinajstić information content (AvgIpc) is 2.02. The van der Waals surface area contributed by atoms with Crippen LogP contribution >= 0.6 is 15.9 Å². The molecule has 0 bridgehead atoms. The summed E-state index contributed by atoms with van der Waals surface area (Å²) in [7, 11) is -0.292. The van der Waals surface area contributed by atoms with Gasteiger partial charge in [-0.2, -0.15) is 0 Å². The molecule has 0 unspecified atom stereocenters. The molecule has 0 heterocycles. The van der Waals surface area contributed by atoms with Gasteiger partial charge in [-0.15, -0.1) is 0 Å². The van der Waals surface area contributed by atoms with Crippen LogP contribution in [0.25, 0.3) is 0 Å². The van der Waals surface area contributed by atoms with E-state index in [0.29, 0.717) is 5.75 Å². The van der Waals surface area contributed by atoms with Crippen molar-refractivity contribution in [2.75, 3.05) is 0 Å². The van der Waals surface area contributed by atoms with Crippen LogP contribution in [0.3, 0.4) is 0 Å². The molecule has 1 aromatic rings. The summed E-state index contributed by atoms with van der Waals surface area (Å²) in [6.45, 7) is 6.41. The van der Waals surface area contributed by atoms with Crippen molar-refractivity contribution in [1.29, 1.82) is 0 Å². The maximum atomic E-state index is 8.67. The lowest BCUT2D eigenvalue weighted by atomic mass is 9.87. The number of benzene rings is 1. The second-order valence-electron chi connectivity index (χ2n) is 4.20. The van der Waals surface area contributed by atoms with Gasteiger partial charge in [0.15, 0.2) is 0 Å². The lowest BCUT2D eigenvalue weighted by Crippen LogP contribution is -2.11. The summed E-state index contributed by atoms with van der Waals surface area (Å²) in [5, 5.41) is 8.67. The molecule has 2 nitrogen and oxygen atoms in total. The summed E-state index contributed by atoms with van der Waals surface area (Å²) in [5.74, 6) is 0.687. The van der Waals surface area contributed by atoms with Crippen LogP contribution in [-0.4, -0.2) is 12.7 Å². The fraction of sp³-hybridized carbons (Fsp3) is 0.400. The number of halogens is 1. The van der Waals surface area contributed by atoms with E-state index in [4.69, 9.17) is 9.68 Å². The molecular formula is C10H14BBrO2. The van der Waals surface area contributed by atoms with Crippen LogP contribution in [0.4, 0.5) is 0 Å². The molecule has 0 aromatic heterocycles. The maximum Gasteiger partial charge on any atom is 0.504 e. The Bertz CT molecular complexity index is 320. The van der Waals surface area contributed by atoms with Gasteiger partial charge in [0.1, 0.15) is 5.75 Å². The molecule has 0 atom stereocenters. The van der Waals surface area contributed by atoms with E-state index in [0.717, 1.165) is 4.47 Å². The first-order valence-electron chi connectivity index (χ1n) is 4.48. The van der Waals surface area contributed by atoms with E-state index < -0.39 is 0 Å². The standard InChI is InChI=1S/C10H14BBrO2/c1-10(2,3)7-4-8(12)6-9(5-7)14-11-13/h4-6,11,13H,1-3H3. The quantitative estimate of drug-likeness (QED) is 0.824. The minimum Gasteiger partial charge on any atom is -0.539 e. The topological polar surface area (TPSA) is 29.5 Å². The first kappa shape index (κ1) is 11.6. The van der Waals surface area contributed by atoms with Gasteiger partial charge in [-0.25, -0.2) is 0 Å². The number of hydrogen-bond acceptors (Lipinski definition) is 2. The molecule has 14 heavy (non-hydrogen) atoms. The fourth-order valence-electron chi connectivity index (χ4n) is 1.15. The van der Waals surface area contributed by atoms with Crippen LogP contribution in [0, 0.1) is 0 Å². The third-order valence-electron chi connectivity index (χ3n) is 1.97. The Morgan fingerprint density at radius 1 is 1.29 bits per heavy atom. The van der Waals surface area contributed by atoms with Gasteiger partial charge in [0.2, 0.25) is 0 Å². The highest BCUT2D eigenvalue weighted by Gasteiger charge is 2.15. The van der Waals surface area contributed by atoms with E-state index in [-0.39, 0.29) is 13.1 Å². The van der Waals surface area contributed by atoms with E-state index >= 15 is 0 Å². The Hall–Kier alpha value is -0.475. The molecule has 0 radical (unpaired) electrons. The normalized spacial score (nSPS) is 11.2. The lowest BCUT2D eigenvalue weighted by Gasteiger charge is -2.20. The highest BCUT2D eigenvalue weighted by Crippen LogP contribution is 2.29. The Labute approximate surface area is 93.7 Å². The van der Waals surface area contributed by atoms with Crippen molar-refractivity contribution >= 4 is 23.6 Å². The molecular weight excluding hydrogens is 243 g/mol. The van der Waals surface area contributed by atoms with E-state index in [9.17, 15) is 0 Å². The monoisotopic (exact) mass is 256 g/mol. The van der Waals surface area contributed by atoms with Gasteiger partial charge in [0.05, 0.1) is 0 Å². The minimum absolute atomic E-state index is 0.0807. The van der Waals surface area contributed by atoms with Crippen molar-refractivity contribution in [2.45, 2.75) is 26.2 Å². The fourth-order valence-corrected chi connectivity index (χ4v) is 1.63. The van der Waals surface area contributed by atoms with Gasteiger partial charge in [0, 0.05) is 4.47 Å². The first-order valence-corrected chi connectivity index (χ1v) is 5.27. The Morgan fingerprint density at radius 3 is 2.43 bits per heavy atom. The molecule has 0 spiro atoms. The Morgan fingerprint density at radius 2 is 1.93 bits per heavy atom. The summed E-state index contributed by atoms with van der Waals surface area (Å²) < 4.78 is 6.01. The SMILES string of the molecule is CC(C)(C)c1cc(Br)cc(OBO)c1. The molecule has 0 fully saturated rings. The summed E-state index contributed by atoms with van der Waals surface area (Å²) in [6.07, 6.45) is 0. The van der Waals surface area contributed by atoms with Gasteiger partial charge in [-0.05, 0) is 29.2 Å². The van der Waals surface area contributed by atoms with Crippen LogP contribution < -0.4 is 4.65 Å². The predicted molar refractivity (Wildman–Crippen MR) is 62.8 cm³/mol. The van der Waals surface area contributed by atoms with Gasteiger partial charge < -0.3 is 9.68 Å². The van der Waals surface area contributed by atoms with Gasteiger partial charge in [0.25, 0.3) is 0 Å². The van der Waals surface area contributed by atoms with Crippen molar-refractivity contribution in [2.24, 2.45) is 0 Å². The zero-order chi connectivity index (χ0) is 10.8. The van der Waals surface area contributed by atoms with Crippen LogP contribution in [-0.2, 0) is 5.41 Å². The van der Waals surface area contributed by atoms with Crippen LogP contribution in [0.2, 0.25) is 0 Å². The van der Waals surface area contributed by atoms with E-state index in [1.165, 1.54) is 5.56 Å². The Kier molecular flexibility index (Phi) is 3.62. The molecule has 1 N–H and O–H groups in total. The van der Waals surface area contributed by atoms with Gasteiger partial charge in [-0.1, -0.05) is 36.7 Å². The largest absolute Gasteiger partial charge is 0.539 e. The summed E-state index contributed by atoms with van der Waals surface area (Å²) >= 11 is 3.41. The zero-order valence-electron chi connectivity index (χ0n) is 8.67. The summed E-state index contributed by atoms with van der Waals surface area (Å²) in [5.41, 5.74) is 1.26. The van der Waals surface area contributed by atoms with Crippen molar-refractivity contribution in [3.8, 4) is 5.75 Å². The van der Waals surface area contributed by atoms with Crippen molar-refractivity contribution in [3.63, 3.8) is 0 Å². The van der Waals surface area contributed by atoms with Gasteiger partial charge >= 0.3 is 7.69 Å². The first-order chi connectivity index (χ1) is 6.43. The molecule has 76 valence electrons. The van der Waals surface area contributed by atoms with Gasteiger partial charge in [-0.3, -0.25) is 0 Å². The highest BCUT2D eigenvalue weighted by atomic mass is 79.9. The smallest absolute Gasteiger partial charge is 0.504 e. The Balaban J connectivity index is 3.07. The van der Waals surface area contributed by atoms with Crippen LogP contribution in [0.5, 0.6) is 5.75 Å². The van der Waals surface area contributed by atoms with Crippen molar-refractivity contribution in [1.82, 2.24) is 0 Å². The predicted octanol–water partition coefficient (Wildman–Crippen LogP) is 2.38. The third kappa shape index (κ3) is 3.03. The van der Waals surface area contributed by atoms with E-state index in [2.05, 4.69) is 42.8 Å². The number of rotatable bonds is 2. The second-order valence-corrected chi connectivity index (χ2v) is 5.11. The molecule has 0 aliphatic rings. The van der Waals surface area contributed by atoms with E-state index in [1.54, 1.807) is 0 Å². The average molecular weight is 257 g/mol. The third-order valence-corrected chi connectivity index (χ3v) is 2.43. The zero-order valence-corrected chi connectivity index (χ0v) is 10.3. The molecule has 0 saturated heterocycles. The number of hydrogen-bond donors (Lipinski definition) is 1. The van der Waals surface area contributed by atoms with Crippen LogP contribution in [0.1, 0.15) is 26.3 Å².